The van der Waals surface area contributed by atoms with Crippen LogP contribution in [0.25, 0.3) is 0 Å². The first-order valence-electron chi connectivity index (χ1n) is 17.8. The van der Waals surface area contributed by atoms with E-state index in [1.165, 1.54) is 0 Å². The normalized spacial score (nSPS) is 14.4. The van der Waals surface area contributed by atoms with E-state index in [2.05, 4.69) is 91.5 Å². The lowest BCUT2D eigenvalue weighted by molar-refractivity contribution is 0.523. The van der Waals surface area contributed by atoms with Crippen LogP contribution in [0.2, 0.25) is 0 Å². The first-order chi connectivity index (χ1) is 25.7. The number of hydrogen-bond acceptors (Lipinski definition) is 16. The molecule has 0 radical (unpaired) electrons. The van der Waals surface area contributed by atoms with Gasteiger partial charge in [-0.15, -0.1) is 0 Å². The number of aryl methyl sites for hydroxylation is 12. The third kappa shape index (κ3) is 5.77. The highest BCUT2D eigenvalue weighted by atomic mass is 15.6. The summed E-state index contributed by atoms with van der Waals surface area (Å²) in [6.07, 6.45) is -1.38. The number of benzene rings is 2. The summed E-state index contributed by atoms with van der Waals surface area (Å²) in [6, 6.07) is 8.69. The molecular weight excluding hydrogens is 681 g/mol. The van der Waals surface area contributed by atoms with Gasteiger partial charge in [0, 0.05) is 0 Å². The maximum atomic E-state index is 4.99. The second kappa shape index (κ2) is 12.7. The van der Waals surface area contributed by atoms with Gasteiger partial charge < -0.3 is 0 Å². The highest BCUT2D eigenvalue weighted by Gasteiger charge is 2.55. The van der Waals surface area contributed by atoms with Gasteiger partial charge in [0.25, 0.3) is 0 Å². The molecule has 0 spiro atoms. The number of nitrogens with zero attached hydrogens (tertiary/aromatic N) is 16. The van der Waals surface area contributed by atoms with Crippen molar-refractivity contribution in [2.45, 2.75) is 95.4 Å². The van der Waals surface area contributed by atoms with E-state index >= 15 is 0 Å². The Morgan fingerprint density at radius 3 is 0.611 bits per heavy atom. The van der Waals surface area contributed by atoms with Crippen LogP contribution in [0.4, 0.5) is 46.5 Å². The van der Waals surface area contributed by atoms with Crippen LogP contribution >= 0.6 is 0 Å². The number of hydrogen-bond donors (Lipinski definition) is 0. The van der Waals surface area contributed by atoms with Crippen LogP contribution in [0.3, 0.4) is 0 Å². The van der Waals surface area contributed by atoms with Crippen molar-refractivity contribution in [3.05, 3.63) is 93.1 Å². The van der Waals surface area contributed by atoms with Crippen LogP contribution < -0.4 is 19.6 Å². The molecule has 2 aliphatic rings. The lowest BCUT2D eigenvalue weighted by Gasteiger charge is -2.41. The molecule has 0 atom stereocenters. The van der Waals surface area contributed by atoms with Gasteiger partial charge in [0.05, 0.1) is 22.7 Å². The summed E-state index contributed by atoms with van der Waals surface area (Å²) >= 11 is 0. The van der Waals surface area contributed by atoms with Crippen LogP contribution in [0.5, 0.6) is 0 Å². The van der Waals surface area contributed by atoms with Crippen molar-refractivity contribution in [2.24, 2.45) is 0 Å². The molecule has 0 unspecified atom stereocenters. The Hall–Kier alpha value is -6.32. The fourth-order valence-corrected chi connectivity index (χ4v) is 7.41. The lowest BCUT2D eigenvalue weighted by Crippen LogP contribution is -2.59. The largest absolute Gasteiger partial charge is 0.283 e. The zero-order valence-corrected chi connectivity index (χ0v) is 32.6. The topological polar surface area (TPSA) is 168 Å². The molecule has 274 valence electrons. The smallest absolute Gasteiger partial charge is 0.235 e. The molecule has 6 heterocycles. The van der Waals surface area contributed by atoms with E-state index in [1.807, 2.05) is 55.4 Å². The minimum atomic E-state index is -0.689. The van der Waals surface area contributed by atoms with Crippen LogP contribution in [0.15, 0.2) is 24.3 Å². The summed E-state index contributed by atoms with van der Waals surface area (Å²) in [7, 11) is 0. The van der Waals surface area contributed by atoms with Crippen LogP contribution in [-0.2, 0) is 0 Å². The molecule has 0 amide bonds. The van der Waals surface area contributed by atoms with Crippen LogP contribution in [0, 0.1) is 83.1 Å². The zero-order chi connectivity index (χ0) is 38.3. The highest BCUT2D eigenvalue weighted by molar-refractivity contribution is 5.92. The van der Waals surface area contributed by atoms with Crippen LogP contribution in [0.1, 0.15) is 68.8 Å². The molecule has 16 nitrogen and oxygen atoms in total. The molecule has 16 heteroatoms. The van der Waals surface area contributed by atoms with Gasteiger partial charge in [-0.05, 0) is 130 Å². The monoisotopic (exact) mass is 722 g/mol. The molecule has 6 aromatic rings. The number of rotatable bonds is 5. The molecule has 2 aliphatic heterocycles. The van der Waals surface area contributed by atoms with Gasteiger partial charge in [0.1, 0.15) is 46.6 Å². The summed E-state index contributed by atoms with van der Waals surface area (Å²) in [4.78, 5) is 66.7. The van der Waals surface area contributed by atoms with Gasteiger partial charge in [0.15, 0.2) is 12.3 Å². The summed E-state index contributed by atoms with van der Waals surface area (Å²) in [5.41, 5.74) is 7.91. The van der Waals surface area contributed by atoms with Crippen molar-refractivity contribution in [3.63, 3.8) is 0 Å². The van der Waals surface area contributed by atoms with Crippen LogP contribution in [-0.4, -0.2) is 72.1 Å². The average molecular weight is 723 g/mol. The highest BCUT2D eigenvalue weighted by Crippen LogP contribution is 2.55. The van der Waals surface area contributed by atoms with Crippen molar-refractivity contribution >= 4 is 46.5 Å². The minimum absolute atomic E-state index is 0.466. The van der Waals surface area contributed by atoms with Gasteiger partial charge >= 0.3 is 0 Å². The van der Waals surface area contributed by atoms with E-state index in [1.54, 1.807) is 0 Å². The predicted molar refractivity (Wildman–Crippen MR) is 205 cm³/mol. The maximum absolute atomic E-state index is 4.99. The Bertz CT molecular complexity index is 2080. The molecule has 54 heavy (non-hydrogen) atoms. The predicted octanol–water partition coefficient (Wildman–Crippen LogP) is 6.06. The molecular formula is C38H42N16. The fourth-order valence-electron chi connectivity index (χ4n) is 7.41. The molecule has 0 saturated heterocycles. The Balaban J connectivity index is 1.53. The quantitative estimate of drug-likeness (QED) is 0.201. The van der Waals surface area contributed by atoms with E-state index in [9.17, 15) is 0 Å². The first kappa shape index (κ1) is 34.7. The lowest BCUT2D eigenvalue weighted by atomic mass is 10.1. The molecule has 2 aromatic carbocycles. The third-order valence-corrected chi connectivity index (χ3v) is 9.80. The maximum Gasteiger partial charge on any atom is 0.235 e. The number of aromatic nitrogens is 12. The van der Waals surface area contributed by atoms with Gasteiger partial charge in [-0.1, -0.05) is 0 Å². The molecule has 0 fully saturated rings. The van der Waals surface area contributed by atoms with E-state index in [4.69, 9.17) is 39.9 Å². The van der Waals surface area contributed by atoms with E-state index in [0.717, 1.165) is 45.0 Å². The van der Waals surface area contributed by atoms with Crippen molar-refractivity contribution < 1.29 is 0 Å². The van der Waals surface area contributed by atoms with E-state index < -0.39 is 12.3 Å². The molecule has 4 aromatic heterocycles. The van der Waals surface area contributed by atoms with E-state index in [0.29, 0.717) is 70.4 Å². The summed E-state index contributed by atoms with van der Waals surface area (Å²) < 4.78 is 0. The second-order valence-electron chi connectivity index (χ2n) is 14.1. The SMILES string of the molecule is Cc1nc(C)nc(N2c3cc(C)c(C)cc3N(c3nc(C)nc(C)n3)C2C2N(c3nc(C)nc(C)n3)c3cc(C)c(C)cc3N2c2nc(C)nc(C)n2)n1. The summed E-state index contributed by atoms with van der Waals surface area (Å²) in [5.74, 6) is 6.60. The van der Waals surface area contributed by atoms with Crippen molar-refractivity contribution in [3.8, 4) is 0 Å². The Labute approximate surface area is 313 Å². The van der Waals surface area contributed by atoms with E-state index in [-0.39, 0.29) is 0 Å². The summed E-state index contributed by atoms with van der Waals surface area (Å²) in [5, 5.41) is 0. The third-order valence-electron chi connectivity index (χ3n) is 9.80. The Morgan fingerprint density at radius 2 is 0.444 bits per heavy atom. The zero-order valence-electron chi connectivity index (χ0n) is 32.6. The minimum Gasteiger partial charge on any atom is -0.283 e. The summed E-state index contributed by atoms with van der Waals surface area (Å²) in [6.45, 7) is 23.5. The van der Waals surface area contributed by atoms with Gasteiger partial charge in [-0.2, -0.15) is 39.9 Å². The Morgan fingerprint density at radius 1 is 0.278 bits per heavy atom. The van der Waals surface area contributed by atoms with Gasteiger partial charge in [-0.3, -0.25) is 19.6 Å². The average Bonchev–Trinajstić information content (AvgIpc) is 3.55. The van der Waals surface area contributed by atoms with Crippen molar-refractivity contribution in [1.29, 1.82) is 0 Å². The van der Waals surface area contributed by atoms with Gasteiger partial charge in [0.2, 0.25) is 23.8 Å². The van der Waals surface area contributed by atoms with Gasteiger partial charge in [-0.25, -0.2) is 19.9 Å². The number of fused-ring (bicyclic) bond motifs is 2. The van der Waals surface area contributed by atoms with Crippen molar-refractivity contribution in [2.75, 3.05) is 19.6 Å². The second-order valence-corrected chi connectivity index (χ2v) is 14.1. The first-order valence-corrected chi connectivity index (χ1v) is 17.8. The number of anilines is 8. The molecule has 0 N–H and O–H groups in total. The standard InChI is InChI=1S/C38H42N16/c1-17-13-29-30(14-18(17)2)52(36-45-23(7)40-24(8)46-36)33(51(29)35-43-21(5)39-22(6)44-35)34-53(37-47-25(9)41-26(10)48-37)31-15-19(3)20(4)16-32(31)54(34)38-49-27(11)42-28(12)50-38/h13-16,33-34H,1-12H3. The molecule has 0 bridgehead atoms. The molecule has 0 aliphatic carbocycles. The molecule has 8 rings (SSSR count). The van der Waals surface area contributed by atoms with Crippen molar-refractivity contribution in [1.82, 2.24) is 59.8 Å². The molecule has 0 saturated carbocycles. The fraction of sp³-hybridized carbons (Fsp3) is 0.368. The Kier molecular flexibility index (Phi) is 8.15.